The zero-order valence-electron chi connectivity index (χ0n) is 12.2. The van der Waals surface area contributed by atoms with Crippen LogP contribution in [-0.4, -0.2) is 64.1 Å². The Morgan fingerprint density at radius 1 is 1.45 bits per heavy atom. The van der Waals surface area contributed by atoms with Gasteiger partial charge in [-0.1, -0.05) is 12.1 Å². The summed E-state index contributed by atoms with van der Waals surface area (Å²) >= 11 is 0. The van der Waals surface area contributed by atoms with Gasteiger partial charge in [0.1, 0.15) is 0 Å². The highest BCUT2D eigenvalue weighted by Gasteiger charge is 2.26. The zero-order chi connectivity index (χ0) is 14.8. The van der Waals surface area contributed by atoms with Crippen LogP contribution in [0.15, 0.2) is 29.2 Å². The molecular formula is C14H22N2O3S. The molecule has 0 amide bonds. The quantitative estimate of drug-likeness (QED) is 0.830. The molecule has 1 aliphatic rings. The molecular weight excluding hydrogens is 276 g/mol. The Balaban J connectivity index is 2.09. The summed E-state index contributed by atoms with van der Waals surface area (Å²) in [7, 11) is 0.182. The fraction of sp³-hybridized carbons (Fsp3) is 0.571. The van der Waals surface area contributed by atoms with Gasteiger partial charge in [-0.25, -0.2) is 8.42 Å². The lowest BCUT2D eigenvalue weighted by atomic mass is 10.2. The van der Waals surface area contributed by atoms with Gasteiger partial charge in [-0.15, -0.1) is 0 Å². The molecule has 20 heavy (non-hydrogen) atoms. The Morgan fingerprint density at radius 3 is 2.85 bits per heavy atom. The fourth-order valence-electron chi connectivity index (χ4n) is 2.32. The first-order valence-electron chi connectivity index (χ1n) is 6.73. The number of morpholine rings is 1. The molecule has 0 radical (unpaired) electrons. The van der Waals surface area contributed by atoms with Crippen LogP contribution in [0.1, 0.15) is 5.56 Å². The van der Waals surface area contributed by atoms with Gasteiger partial charge in [0, 0.05) is 26.7 Å². The molecule has 0 spiro atoms. The molecule has 0 saturated carbocycles. The second-order valence-electron chi connectivity index (χ2n) is 5.36. The van der Waals surface area contributed by atoms with Crippen molar-refractivity contribution >= 4 is 10.0 Å². The molecule has 1 aliphatic heterocycles. The third kappa shape index (κ3) is 3.58. The summed E-state index contributed by atoms with van der Waals surface area (Å²) < 4.78 is 32.0. The number of aryl methyl sites for hydroxylation is 1. The van der Waals surface area contributed by atoms with Crippen LogP contribution in [0, 0.1) is 6.92 Å². The molecule has 0 aromatic heterocycles. The molecule has 1 saturated heterocycles. The van der Waals surface area contributed by atoms with Crippen LogP contribution in [0.3, 0.4) is 0 Å². The fourth-order valence-corrected chi connectivity index (χ4v) is 3.63. The molecule has 1 atom stereocenters. The van der Waals surface area contributed by atoms with E-state index in [2.05, 4.69) is 4.90 Å². The van der Waals surface area contributed by atoms with Crippen molar-refractivity contribution in [2.45, 2.75) is 17.9 Å². The van der Waals surface area contributed by atoms with Crippen molar-refractivity contribution in [2.24, 2.45) is 0 Å². The summed E-state index contributed by atoms with van der Waals surface area (Å²) in [4.78, 5) is 2.49. The summed E-state index contributed by atoms with van der Waals surface area (Å²) in [6, 6.07) is 6.98. The standard InChI is InChI=1S/C14H22N2O3S/c1-12-5-4-6-14(9-12)20(17,18)16(3)11-13-10-15(2)7-8-19-13/h4-6,9,13H,7-8,10-11H2,1-3H3. The van der Waals surface area contributed by atoms with Crippen molar-refractivity contribution < 1.29 is 13.2 Å². The largest absolute Gasteiger partial charge is 0.374 e. The normalized spacial score (nSPS) is 21.3. The van der Waals surface area contributed by atoms with Gasteiger partial charge in [-0.3, -0.25) is 0 Å². The number of benzene rings is 1. The van der Waals surface area contributed by atoms with E-state index in [0.29, 0.717) is 18.0 Å². The van der Waals surface area contributed by atoms with E-state index in [9.17, 15) is 8.42 Å². The predicted octanol–water partition coefficient (Wildman–Crippen LogP) is 0.946. The van der Waals surface area contributed by atoms with E-state index in [1.165, 1.54) is 4.31 Å². The first kappa shape index (κ1) is 15.4. The monoisotopic (exact) mass is 298 g/mol. The lowest BCUT2D eigenvalue weighted by molar-refractivity contribution is -0.0247. The van der Waals surface area contributed by atoms with Crippen LogP contribution in [0.2, 0.25) is 0 Å². The first-order valence-corrected chi connectivity index (χ1v) is 8.17. The van der Waals surface area contributed by atoms with Gasteiger partial charge in [0.25, 0.3) is 0 Å². The van der Waals surface area contributed by atoms with Crippen molar-refractivity contribution in [2.75, 3.05) is 40.3 Å². The average Bonchev–Trinajstić information content (AvgIpc) is 2.38. The Hall–Kier alpha value is -0.950. The number of ether oxygens (including phenoxy) is 1. The van der Waals surface area contributed by atoms with Crippen molar-refractivity contribution in [3.8, 4) is 0 Å². The minimum Gasteiger partial charge on any atom is -0.374 e. The van der Waals surface area contributed by atoms with Crippen molar-refractivity contribution in [1.29, 1.82) is 0 Å². The number of hydrogen-bond donors (Lipinski definition) is 0. The summed E-state index contributed by atoms with van der Waals surface area (Å²) in [6.45, 7) is 4.57. The molecule has 1 aromatic carbocycles. The smallest absolute Gasteiger partial charge is 0.242 e. The van der Waals surface area contributed by atoms with Crippen LogP contribution in [0.25, 0.3) is 0 Å². The second kappa shape index (κ2) is 6.22. The third-order valence-electron chi connectivity index (χ3n) is 3.50. The first-order chi connectivity index (χ1) is 9.39. The number of sulfonamides is 1. The van der Waals surface area contributed by atoms with E-state index in [1.54, 1.807) is 25.2 Å². The molecule has 1 heterocycles. The topological polar surface area (TPSA) is 49.9 Å². The Bertz CT molecular complexity index is 559. The lowest BCUT2D eigenvalue weighted by Gasteiger charge is -2.32. The van der Waals surface area contributed by atoms with E-state index < -0.39 is 10.0 Å². The Morgan fingerprint density at radius 2 is 2.20 bits per heavy atom. The second-order valence-corrected chi connectivity index (χ2v) is 7.40. The zero-order valence-corrected chi connectivity index (χ0v) is 13.1. The van der Waals surface area contributed by atoms with Crippen LogP contribution < -0.4 is 0 Å². The van der Waals surface area contributed by atoms with E-state index in [1.807, 2.05) is 20.0 Å². The van der Waals surface area contributed by atoms with Crippen LogP contribution in [0.5, 0.6) is 0 Å². The van der Waals surface area contributed by atoms with Gasteiger partial charge in [-0.2, -0.15) is 4.31 Å². The van der Waals surface area contributed by atoms with Crippen LogP contribution in [-0.2, 0) is 14.8 Å². The summed E-state index contributed by atoms with van der Waals surface area (Å²) in [5.74, 6) is 0. The molecule has 112 valence electrons. The number of rotatable bonds is 4. The molecule has 1 unspecified atom stereocenters. The number of likely N-dealkylation sites (N-methyl/N-ethyl adjacent to an activating group) is 2. The van der Waals surface area contributed by atoms with Gasteiger partial charge in [0.2, 0.25) is 10.0 Å². The number of hydrogen-bond acceptors (Lipinski definition) is 4. The maximum atomic E-state index is 12.5. The predicted molar refractivity (Wildman–Crippen MR) is 78.2 cm³/mol. The maximum Gasteiger partial charge on any atom is 0.242 e. The van der Waals surface area contributed by atoms with Crippen LogP contribution in [0.4, 0.5) is 0 Å². The van der Waals surface area contributed by atoms with Crippen LogP contribution >= 0.6 is 0 Å². The highest BCUT2D eigenvalue weighted by molar-refractivity contribution is 7.89. The Kier molecular flexibility index (Phi) is 4.80. The van der Waals surface area contributed by atoms with Gasteiger partial charge < -0.3 is 9.64 Å². The van der Waals surface area contributed by atoms with Gasteiger partial charge in [0.05, 0.1) is 17.6 Å². The van der Waals surface area contributed by atoms with Gasteiger partial charge >= 0.3 is 0 Å². The Labute approximate surface area is 121 Å². The SMILES string of the molecule is Cc1cccc(S(=O)(=O)N(C)CC2CN(C)CCO2)c1. The third-order valence-corrected chi connectivity index (χ3v) is 5.32. The van der Waals surface area contributed by atoms with Gasteiger partial charge in [0.15, 0.2) is 0 Å². The van der Waals surface area contributed by atoms with E-state index >= 15 is 0 Å². The molecule has 1 aromatic rings. The highest BCUT2D eigenvalue weighted by Crippen LogP contribution is 2.17. The van der Waals surface area contributed by atoms with Crippen molar-refractivity contribution in [1.82, 2.24) is 9.21 Å². The molecule has 6 heteroatoms. The lowest BCUT2D eigenvalue weighted by Crippen LogP contribution is -2.46. The molecule has 5 nitrogen and oxygen atoms in total. The summed E-state index contributed by atoms with van der Waals surface area (Å²) in [6.07, 6.45) is -0.0710. The minimum atomic E-state index is -3.44. The highest BCUT2D eigenvalue weighted by atomic mass is 32.2. The molecule has 1 fully saturated rings. The van der Waals surface area contributed by atoms with E-state index in [4.69, 9.17) is 4.74 Å². The summed E-state index contributed by atoms with van der Waals surface area (Å²) in [5, 5.41) is 0. The maximum absolute atomic E-state index is 12.5. The number of nitrogens with zero attached hydrogens (tertiary/aromatic N) is 2. The van der Waals surface area contributed by atoms with Crippen molar-refractivity contribution in [3.05, 3.63) is 29.8 Å². The molecule has 0 bridgehead atoms. The van der Waals surface area contributed by atoms with E-state index in [-0.39, 0.29) is 6.10 Å². The molecule has 2 rings (SSSR count). The molecule has 0 aliphatic carbocycles. The molecule has 0 N–H and O–H groups in total. The van der Waals surface area contributed by atoms with E-state index in [0.717, 1.165) is 18.7 Å². The summed E-state index contributed by atoms with van der Waals surface area (Å²) in [5.41, 5.74) is 0.938. The van der Waals surface area contributed by atoms with Crippen molar-refractivity contribution in [3.63, 3.8) is 0 Å². The minimum absolute atomic E-state index is 0.0710. The average molecular weight is 298 g/mol. The van der Waals surface area contributed by atoms with Gasteiger partial charge in [-0.05, 0) is 31.7 Å².